The van der Waals surface area contributed by atoms with Crippen LogP contribution in [0.25, 0.3) is 0 Å². The lowest BCUT2D eigenvalue weighted by Gasteiger charge is -2.34. The smallest absolute Gasteiger partial charge is 0.222 e. The van der Waals surface area contributed by atoms with Crippen LogP contribution >= 0.6 is 12.4 Å². The number of hydrogen-bond acceptors (Lipinski definition) is 4. The Kier molecular flexibility index (Phi) is 7.86. The van der Waals surface area contributed by atoms with Gasteiger partial charge in [0.05, 0.1) is 5.75 Å². The number of sulfonamides is 1. The Labute approximate surface area is 172 Å². The Morgan fingerprint density at radius 2 is 1.54 bits per heavy atom. The molecule has 8 heteroatoms. The Hall–Kier alpha value is -2.09. The van der Waals surface area contributed by atoms with Gasteiger partial charge in [0.25, 0.3) is 0 Å². The maximum absolute atomic E-state index is 12.6. The zero-order chi connectivity index (χ0) is 19.3. The van der Waals surface area contributed by atoms with Crippen molar-refractivity contribution in [3.63, 3.8) is 0 Å². The van der Waals surface area contributed by atoms with Crippen LogP contribution in [0.3, 0.4) is 0 Å². The summed E-state index contributed by atoms with van der Waals surface area (Å²) in [6, 6.07) is 16.7. The highest BCUT2D eigenvalue weighted by molar-refractivity contribution is 7.88. The minimum atomic E-state index is -3.37. The van der Waals surface area contributed by atoms with Crippen molar-refractivity contribution in [1.29, 1.82) is 0 Å². The van der Waals surface area contributed by atoms with E-state index >= 15 is 0 Å². The quantitative estimate of drug-likeness (QED) is 0.722. The van der Waals surface area contributed by atoms with E-state index in [0.29, 0.717) is 44.7 Å². The van der Waals surface area contributed by atoms with E-state index in [1.54, 1.807) is 4.90 Å². The standard InChI is InChI=1S/C20H25N3O3S.ClH/c21-19-9-5-4-8-18(19)10-11-20(24)22-12-14-23(15-13-22)27(25,26)16-17-6-2-1-3-7-17;/h1-9H,10-16,21H2;1H. The van der Waals surface area contributed by atoms with Crippen molar-refractivity contribution in [2.24, 2.45) is 0 Å². The minimum Gasteiger partial charge on any atom is -0.399 e. The Bertz CT molecular complexity index is 883. The van der Waals surface area contributed by atoms with Gasteiger partial charge in [-0.15, -0.1) is 12.4 Å². The number of amides is 1. The lowest BCUT2D eigenvalue weighted by Crippen LogP contribution is -2.50. The van der Waals surface area contributed by atoms with E-state index in [0.717, 1.165) is 11.1 Å². The molecular weight excluding hydrogens is 398 g/mol. The number of anilines is 1. The molecule has 0 aliphatic carbocycles. The van der Waals surface area contributed by atoms with Crippen molar-refractivity contribution < 1.29 is 13.2 Å². The van der Waals surface area contributed by atoms with Crippen molar-refractivity contribution in [3.8, 4) is 0 Å². The summed E-state index contributed by atoms with van der Waals surface area (Å²) in [5.41, 5.74) is 8.35. The number of halogens is 1. The van der Waals surface area contributed by atoms with Crippen molar-refractivity contribution >= 4 is 34.0 Å². The molecule has 2 aromatic rings. The number of para-hydroxylation sites is 1. The topological polar surface area (TPSA) is 83.7 Å². The first-order chi connectivity index (χ1) is 13.0. The third kappa shape index (κ3) is 5.70. The minimum absolute atomic E-state index is 0. The lowest BCUT2D eigenvalue weighted by molar-refractivity contribution is -0.132. The van der Waals surface area contributed by atoms with Gasteiger partial charge in [0.2, 0.25) is 15.9 Å². The highest BCUT2D eigenvalue weighted by Gasteiger charge is 2.28. The summed E-state index contributed by atoms with van der Waals surface area (Å²) in [4.78, 5) is 14.2. The Balaban J connectivity index is 0.00000280. The fourth-order valence-electron chi connectivity index (χ4n) is 3.25. The average molecular weight is 424 g/mol. The second-order valence-electron chi connectivity index (χ2n) is 6.72. The second kappa shape index (κ2) is 9.91. The highest BCUT2D eigenvalue weighted by Crippen LogP contribution is 2.16. The van der Waals surface area contributed by atoms with Crippen LogP contribution in [0.1, 0.15) is 17.5 Å². The molecule has 0 aromatic heterocycles. The molecule has 0 unspecified atom stereocenters. The molecule has 0 saturated carbocycles. The van der Waals surface area contributed by atoms with Crippen LogP contribution in [0.5, 0.6) is 0 Å². The summed E-state index contributed by atoms with van der Waals surface area (Å²) in [5.74, 6) is 0.0353. The van der Waals surface area contributed by atoms with Gasteiger partial charge in [0.15, 0.2) is 0 Å². The van der Waals surface area contributed by atoms with Crippen LogP contribution in [-0.2, 0) is 27.0 Å². The predicted molar refractivity (Wildman–Crippen MR) is 114 cm³/mol. The van der Waals surface area contributed by atoms with Crippen molar-refractivity contribution in [2.75, 3.05) is 31.9 Å². The van der Waals surface area contributed by atoms with Crippen LogP contribution < -0.4 is 5.73 Å². The number of nitrogen functional groups attached to an aromatic ring is 1. The van der Waals surface area contributed by atoms with Crippen LogP contribution in [0, 0.1) is 0 Å². The fourth-order valence-corrected chi connectivity index (χ4v) is 4.77. The van der Waals surface area contributed by atoms with E-state index in [-0.39, 0.29) is 24.1 Å². The fraction of sp³-hybridized carbons (Fsp3) is 0.350. The summed E-state index contributed by atoms with van der Waals surface area (Å²) in [6.07, 6.45) is 0.975. The van der Waals surface area contributed by atoms with Gasteiger partial charge in [-0.05, 0) is 23.6 Å². The van der Waals surface area contributed by atoms with E-state index in [1.165, 1.54) is 4.31 Å². The van der Waals surface area contributed by atoms with E-state index in [2.05, 4.69) is 0 Å². The summed E-state index contributed by atoms with van der Waals surface area (Å²) >= 11 is 0. The third-order valence-corrected chi connectivity index (χ3v) is 6.69. The van der Waals surface area contributed by atoms with Crippen molar-refractivity contribution in [2.45, 2.75) is 18.6 Å². The third-order valence-electron chi connectivity index (χ3n) is 4.84. The molecule has 2 aromatic carbocycles. The van der Waals surface area contributed by atoms with Gasteiger partial charge in [-0.25, -0.2) is 8.42 Å². The first-order valence-corrected chi connectivity index (χ1v) is 10.7. The van der Waals surface area contributed by atoms with Crippen LogP contribution in [0.2, 0.25) is 0 Å². The molecule has 28 heavy (non-hydrogen) atoms. The molecular formula is C20H26ClN3O3S. The van der Waals surface area contributed by atoms with Gasteiger partial charge >= 0.3 is 0 Å². The molecule has 1 aliphatic heterocycles. The van der Waals surface area contributed by atoms with Gasteiger partial charge in [0.1, 0.15) is 0 Å². The average Bonchev–Trinajstić information content (AvgIpc) is 2.68. The molecule has 1 heterocycles. The largest absolute Gasteiger partial charge is 0.399 e. The Morgan fingerprint density at radius 3 is 2.18 bits per heavy atom. The first-order valence-electron chi connectivity index (χ1n) is 9.08. The first kappa shape index (κ1) is 22.2. The number of carbonyl (C=O) groups excluding carboxylic acids is 1. The lowest BCUT2D eigenvalue weighted by atomic mass is 10.1. The number of aryl methyl sites for hydroxylation is 1. The molecule has 0 radical (unpaired) electrons. The molecule has 0 bridgehead atoms. The molecule has 2 N–H and O–H groups in total. The van der Waals surface area contributed by atoms with Crippen LogP contribution in [-0.4, -0.2) is 49.7 Å². The van der Waals surface area contributed by atoms with E-state index < -0.39 is 10.0 Å². The zero-order valence-electron chi connectivity index (χ0n) is 15.7. The second-order valence-corrected chi connectivity index (χ2v) is 8.69. The van der Waals surface area contributed by atoms with Crippen LogP contribution in [0.4, 0.5) is 5.69 Å². The van der Waals surface area contributed by atoms with Gasteiger partial charge < -0.3 is 10.6 Å². The molecule has 1 saturated heterocycles. The van der Waals surface area contributed by atoms with Crippen LogP contribution in [0.15, 0.2) is 54.6 Å². The zero-order valence-corrected chi connectivity index (χ0v) is 17.3. The predicted octanol–water partition coefficient (Wildman–Crippen LogP) is 2.30. The number of hydrogen-bond donors (Lipinski definition) is 1. The molecule has 0 atom stereocenters. The number of benzene rings is 2. The Morgan fingerprint density at radius 1 is 0.929 bits per heavy atom. The van der Waals surface area contributed by atoms with Crippen molar-refractivity contribution in [1.82, 2.24) is 9.21 Å². The molecule has 6 nitrogen and oxygen atoms in total. The normalized spacial score (nSPS) is 15.1. The summed E-state index contributed by atoms with van der Waals surface area (Å²) in [7, 11) is -3.37. The summed E-state index contributed by atoms with van der Waals surface area (Å²) in [5, 5.41) is 0. The van der Waals surface area contributed by atoms with E-state index in [1.807, 2.05) is 54.6 Å². The number of piperazine rings is 1. The SMILES string of the molecule is Cl.Nc1ccccc1CCC(=O)N1CCN(S(=O)(=O)Cc2ccccc2)CC1. The van der Waals surface area contributed by atoms with Gasteiger partial charge in [-0.1, -0.05) is 48.5 Å². The molecule has 1 amide bonds. The highest BCUT2D eigenvalue weighted by atomic mass is 35.5. The van der Waals surface area contributed by atoms with Gasteiger partial charge in [-0.2, -0.15) is 4.31 Å². The number of rotatable bonds is 6. The number of carbonyl (C=O) groups is 1. The van der Waals surface area contributed by atoms with Crippen molar-refractivity contribution in [3.05, 3.63) is 65.7 Å². The van der Waals surface area contributed by atoms with Gasteiger partial charge in [0, 0.05) is 38.3 Å². The number of nitrogens with two attached hydrogens (primary N) is 1. The molecule has 152 valence electrons. The molecule has 0 spiro atoms. The maximum atomic E-state index is 12.6. The molecule has 3 rings (SSSR count). The number of nitrogens with zero attached hydrogens (tertiary/aromatic N) is 2. The molecule has 1 fully saturated rings. The monoisotopic (exact) mass is 423 g/mol. The summed E-state index contributed by atoms with van der Waals surface area (Å²) < 4.78 is 26.7. The summed E-state index contributed by atoms with van der Waals surface area (Å²) in [6.45, 7) is 1.54. The van der Waals surface area contributed by atoms with Gasteiger partial charge in [-0.3, -0.25) is 4.79 Å². The molecule has 1 aliphatic rings. The van der Waals surface area contributed by atoms with E-state index in [4.69, 9.17) is 5.73 Å². The maximum Gasteiger partial charge on any atom is 0.222 e. The van der Waals surface area contributed by atoms with E-state index in [9.17, 15) is 13.2 Å².